The fourth-order valence-corrected chi connectivity index (χ4v) is 5.82. The van der Waals surface area contributed by atoms with E-state index in [1.807, 2.05) is 0 Å². The molecule has 26 heavy (non-hydrogen) atoms. The van der Waals surface area contributed by atoms with E-state index in [0.29, 0.717) is 17.1 Å². The number of aryl methyl sites for hydroxylation is 2. The maximum absolute atomic E-state index is 12.9. The summed E-state index contributed by atoms with van der Waals surface area (Å²) in [5.41, 5.74) is 1.95. The average molecular weight is 406 g/mol. The highest BCUT2D eigenvalue weighted by atomic mass is 32.2. The Labute approximate surface area is 160 Å². The van der Waals surface area contributed by atoms with Crippen molar-refractivity contribution in [3.05, 3.63) is 10.7 Å². The van der Waals surface area contributed by atoms with Gasteiger partial charge in [-0.25, -0.2) is 18.9 Å². The van der Waals surface area contributed by atoms with E-state index in [-0.39, 0.29) is 10.8 Å². The van der Waals surface area contributed by atoms with Crippen LogP contribution < -0.4 is 5.48 Å². The Morgan fingerprint density at radius 2 is 1.69 bits per heavy atom. The number of unbranched alkanes of at least 4 members (excludes halogenated alkanes) is 7. The first-order valence-corrected chi connectivity index (χ1v) is 11.5. The van der Waals surface area contributed by atoms with Gasteiger partial charge in [-0.3, -0.25) is 10.0 Å². The highest BCUT2D eigenvalue weighted by Crippen LogP contribution is 2.26. The summed E-state index contributed by atoms with van der Waals surface area (Å²) in [6, 6.07) is 0. The lowest BCUT2D eigenvalue weighted by Crippen LogP contribution is -2.40. The summed E-state index contributed by atoms with van der Waals surface area (Å²) in [7, 11) is -3.80. The smallest absolute Gasteiger partial charge is 0.258 e. The zero-order chi connectivity index (χ0) is 19.6. The Balaban J connectivity index is 2.65. The van der Waals surface area contributed by atoms with E-state index in [1.54, 1.807) is 13.8 Å². The normalized spacial score (nSPS) is 11.9. The van der Waals surface area contributed by atoms with Crippen molar-refractivity contribution < 1.29 is 18.4 Å². The molecule has 0 aliphatic carbocycles. The van der Waals surface area contributed by atoms with E-state index >= 15 is 0 Å². The Bertz CT molecular complexity index is 659. The van der Waals surface area contributed by atoms with Crippen molar-refractivity contribution in [1.29, 1.82) is 0 Å². The number of carbonyl (C=O) groups excluding carboxylic acids is 1. The van der Waals surface area contributed by atoms with Crippen molar-refractivity contribution in [1.82, 2.24) is 14.8 Å². The molecule has 0 radical (unpaired) electrons. The molecule has 0 fully saturated rings. The van der Waals surface area contributed by atoms with Crippen LogP contribution in [0.15, 0.2) is 4.21 Å². The van der Waals surface area contributed by atoms with Crippen molar-refractivity contribution >= 4 is 27.3 Å². The highest BCUT2D eigenvalue weighted by Gasteiger charge is 2.30. The monoisotopic (exact) mass is 405 g/mol. The van der Waals surface area contributed by atoms with Crippen LogP contribution in [-0.4, -0.2) is 41.9 Å². The maximum atomic E-state index is 12.9. The van der Waals surface area contributed by atoms with E-state index in [9.17, 15) is 13.2 Å². The van der Waals surface area contributed by atoms with Gasteiger partial charge in [-0.1, -0.05) is 51.9 Å². The lowest BCUT2D eigenvalue weighted by molar-refractivity contribution is -0.129. The summed E-state index contributed by atoms with van der Waals surface area (Å²) in [5, 5.41) is 9.43. The van der Waals surface area contributed by atoms with Crippen molar-refractivity contribution in [2.45, 2.75) is 76.3 Å². The van der Waals surface area contributed by atoms with Gasteiger partial charge in [0.25, 0.3) is 15.9 Å². The molecule has 7 nitrogen and oxygen atoms in total. The first kappa shape index (κ1) is 23.0. The van der Waals surface area contributed by atoms with Gasteiger partial charge < -0.3 is 0 Å². The lowest BCUT2D eigenvalue weighted by atomic mass is 10.1. The number of nitrogens with zero attached hydrogens (tertiary/aromatic N) is 2. The number of amides is 1. The van der Waals surface area contributed by atoms with Crippen LogP contribution in [0.5, 0.6) is 0 Å². The van der Waals surface area contributed by atoms with Crippen molar-refractivity contribution in [2.24, 2.45) is 0 Å². The second-order valence-corrected chi connectivity index (χ2v) is 9.79. The minimum atomic E-state index is -3.80. The van der Waals surface area contributed by atoms with Gasteiger partial charge in [0.2, 0.25) is 0 Å². The third-order valence-electron chi connectivity index (χ3n) is 4.14. The van der Waals surface area contributed by atoms with Crippen LogP contribution in [0.1, 0.15) is 69.0 Å². The van der Waals surface area contributed by atoms with Gasteiger partial charge in [0.1, 0.15) is 0 Å². The third kappa shape index (κ3) is 7.30. The summed E-state index contributed by atoms with van der Waals surface area (Å²) >= 11 is 1.10. The molecule has 1 aromatic rings. The van der Waals surface area contributed by atoms with E-state index in [2.05, 4.69) is 11.9 Å². The Morgan fingerprint density at radius 3 is 2.19 bits per heavy atom. The topological polar surface area (TPSA) is 99.6 Å². The van der Waals surface area contributed by atoms with Crippen LogP contribution in [0.3, 0.4) is 0 Å². The lowest BCUT2D eigenvalue weighted by Gasteiger charge is -2.20. The minimum Gasteiger partial charge on any atom is -0.289 e. The molecule has 9 heteroatoms. The van der Waals surface area contributed by atoms with Gasteiger partial charge in [0, 0.05) is 6.54 Å². The summed E-state index contributed by atoms with van der Waals surface area (Å²) in [6.45, 7) is 5.44. The van der Waals surface area contributed by atoms with Crippen LogP contribution in [0, 0.1) is 13.8 Å². The molecule has 0 bridgehead atoms. The number of carbonyl (C=O) groups is 1. The number of sulfonamides is 1. The molecule has 0 aromatic carbocycles. The molecule has 0 aliphatic rings. The number of aromatic nitrogens is 1. The molecule has 0 saturated carbocycles. The van der Waals surface area contributed by atoms with Crippen LogP contribution >= 0.6 is 11.3 Å². The van der Waals surface area contributed by atoms with Crippen LogP contribution in [-0.2, 0) is 14.8 Å². The summed E-state index contributed by atoms with van der Waals surface area (Å²) in [6.07, 6.45) is 8.74. The van der Waals surface area contributed by atoms with E-state index in [0.717, 1.165) is 34.9 Å². The molecule has 0 atom stereocenters. The molecule has 0 saturated heterocycles. The number of hydrogen-bond donors (Lipinski definition) is 2. The van der Waals surface area contributed by atoms with Gasteiger partial charge >= 0.3 is 0 Å². The quantitative estimate of drug-likeness (QED) is 0.298. The van der Waals surface area contributed by atoms with Gasteiger partial charge in [-0.15, -0.1) is 11.3 Å². The van der Waals surface area contributed by atoms with E-state index in [1.165, 1.54) is 31.2 Å². The van der Waals surface area contributed by atoms with Crippen molar-refractivity contribution in [2.75, 3.05) is 13.1 Å². The Kier molecular flexibility index (Phi) is 10.3. The van der Waals surface area contributed by atoms with Gasteiger partial charge in [0.15, 0.2) is 4.21 Å². The number of hydrogen-bond acceptors (Lipinski definition) is 6. The molecule has 2 N–H and O–H groups in total. The molecule has 1 amide bonds. The number of nitrogens with one attached hydrogen (secondary N) is 1. The fourth-order valence-electron chi connectivity index (χ4n) is 2.77. The fraction of sp³-hybridized carbons (Fsp3) is 0.765. The summed E-state index contributed by atoms with van der Waals surface area (Å²) in [5.74, 6) is -0.743. The van der Waals surface area contributed by atoms with E-state index < -0.39 is 22.5 Å². The number of hydroxylamine groups is 1. The van der Waals surface area contributed by atoms with E-state index in [4.69, 9.17) is 5.21 Å². The standard InChI is InChI=1S/C17H31N3O4S2/c1-4-5-6-7-8-9-10-11-12-20(13-16(21)19-22)26(23,24)17-14(2)18-15(3)25-17/h22H,4-13H2,1-3H3,(H,19,21). The van der Waals surface area contributed by atoms with Gasteiger partial charge in [-0.05, 0) is 20.3 Å². The van der Waals surface area contributed by atoms with Crippen LogP contribution in [0.2, 0.25) is 0 Å². The molecular formula is C17H31N3O4S2. The zero-order valence-electron chi connectivity index (χ0n) is 16.0. The molecule has 1 rings (SSSR count). The summed E-state index contributed by atoms with van der Waals surface area (Å²) < 4.78 is 27.1. The molecular weight excluding hydrogens is 374 g/mol. The SMILES string of the molecule is CCCCCCCCCCN(CC(=O)NO)S(=O)(=O)c1sc(C)nc1C. The molecule has 0 unspecified atom stereocenters. The third-order valence-corrected chi connectivity index (χ3v) is 7.65. The molecule has 1 heterocycles. The highest BCUT2D eigenvalue weighted by molar-refractivity contribution is 7.91. The first-order chi connectivity index (χ1) is 12.3. The average Bonchev–Trinajstić information content (AvgIpc) is 2.94. The zero-order valence-corrected chi connectivity index (χ0v) is 17.6. The van der Waals surface area contributed by atoms with Gasteiger partial charge in [0.05, 0.1) is 17.2 Å². The number of thiazole rings is 1. The Morgan fingerprint density at radius 1 is 1.12 bits per heavy atom. The maximum Gasteiger partial charge on any atom is 0.258 e. The van der Waals surface area contributed by atoms with Crippen molar-refractivity contribution in [3.63, 3.8) is 0 Å². The molecule has 1 aromatic heterocycles. The Hall–Kier alpha value is -1.03. The predicted octanol–water partition coefficient (Wildman–Crippen LogP) is 3.40. The largest absolute Gasteiger partial charge is 0.289 e. The van der Waals surface area contributed by atoms with Crippen LogP contribution in [0.25, 0.3) is 0 Å². The first-order valence-electron chi connectivity index (χ1n) is 9.20. The second-order valence-electron chi connectivity index (χ2n) is 6.45. The predicted molar refractivity (Wildman–Crippen MR) is 103 cm³/mol. The van der Waals surface area contributed by atoms with Gasteiger partial charge in [-0.2, -0.15) is 4.31 Å². The van der Waals surface area contributed by atoms with Crippen molar-refractivity contribution in [3.8, 4) is 0 Å². The minimum absolute atomic E-state index is 0.167. The molecule has 150 valence electrons. The molecule has 0 aliphatic heterocycles. The second kappa shape index (κ2) is 11.6. The molecule has 0 spiro atoms. The summed E-state index contributed by atoms with van der Waals surface area (Å²) in [4.78, 5) is 15.7. The van der Waals surface area contributed by atoms with Crippen LogP contribution in [0.4, 0.5) is 0 Å². The number of rotatable bonds is 13.